The van der Waals surface area contributed by atoms with Crippen LogP contribution in [0, 0.1) is 0 Å². The molecule has 88 heavy (non-hydrogen) atoms. The molecule has 0 aliphatic carbocycles. The van der Waals surface area contributed by atoms with E-state index in [9.17, 15) is 38.4 Å². The number of fused-ring (bicyclic) bond motifs is 8. The highest BCUT2D eigenvalue weighted by atomic mass is 16.6. The van der Waals surface area contributed by atoms with Crippen LogP contribution in [0.3, 0.4) is 0 Å². The summed E-state index contributed by atoms with van der Waals surface area (Å²) in [6.45, 7) is 17.6. The van der Waals surface area contributed by atoms with E-state index in [1.54, 1.807) is 24.3 Å². The largest absolute Gasteiger partial charge is 0.491 e. The molecule has 0 fully saturated rings. The lowest BCUT2D eigenvalue weighted by Gasteiger charge is -2.41. The number of nitrogens with one attached hydrogen (secondary N) is 2. The van der Waals surface area contributed by atoms with Gasteiger partial charge in [0.2, 0.25) is 0 Å². The van der Waals surface area contributed by atoms with Gasteiger partial charge in [-0.25, -0.2) is 19.2 Å². The SMILES string of the molecule is C=C(C)C(=O)OCCNC(=O)OCCOc1cc2c(cc1CC)C1(CC(=O)O2)CC(=O)Oc2cc(OCCOC(=O)NCCOC(=O)C(=C)C)c(CC)cc21.CCc1cc2c(cc1OCCO)OC(=O)CC21CC(=O)Oc2cc(OCCO)c(CC)cc21. The van der Waals surface area contributed by atoms with Crippen LogP contribution in [-0.4, -0.2) is 137 Å². The predicted octanol–water partition coefficient (Wildman–Crippen LogP) is 6.62. The van der Waals surface area contributed by atoms with Crippen LogP contribution in [0.1, 0.15) is 112 Å². The summed E-state index contributed by atoms with van der Waals surface area (Å²) in [5, 5.41) is 23.2. The van der Waals surface area contributed by atoms with Crippen molar-refractivity contribution in [2.75, 3.05) is 79.2 Å². The Balaban J connectivity index is 0.000000283. The molecule has 0 unspecified atom stereocenters. The Labute approximate surface area is 508 Å². The van der Waals surface area contributed by atoms with E-state index >= 15 is 0 Å². The lowest BCUT2D eigenvalue weighted by atomic mass is 9.66. The first-order valence-electron chi connectivity index (χ1n) is 28.9. The molecule has 4 aromatic rings. The first kappa shape index (κ1) is 66.4. The van der Waals surface area contributed by atoms with Gasteiger partial charge in [0, 0.05) is 68.5 Å². The number of aliphatic hydroxyl groups is 2. The normalized spacial score (nSPS) is 14.5. The lowest BCUT2D eigenvalue weighted by molar-refractivity contribution is -0.142. The average Bonchev–Trinajstić information content (AvgIpc) is 0.796. The molecule has 4 aliphatic heterocycles. The number of carbonyl (C=O) groups is 8. The number of carbonyl (C=O) groups excluding carboxylic acids is 8. The van der Waals surface area contributed by atoms with Gasteiger partial charge in [0.05, 0.1) is 52.0 Å². The van der Waals surface area contributed by atoms with Gasteiger partial charge >= 0.3 is 48.0 Å². The quantitative estimate of drug-likeness (QED) is 0.0169. The molecule has 0 saturated carbocycles. The minimum absolute atomic E-state index is 0.00208. The van der Waals surface area contributed by atoms with E-state index in [-0.39, 0.29) is 127 Å². The van der Waals surface area contributed by atoms with E-state index in [0.29, 0.717) is 71.3 Å². The van der Waals surface area contributed by atoms with E-state index in [1.165, 1.54) is 13.8 Å². The molecule has 4 N–H and O–H groups in total. The molecule has 8 rings (SSSR count). The number of hydrogen-bond donors (Lipinski definition) is 4. The number of aliphatic hydroxyl groups excluding tert-OH is 2. The van der Waals surface area contributed by atoms with Crippen LogP contribution in [0.15, 0.2) is 72.8 Å². The number of hydrogen-bond acceptors (Lipinski definition) is 22. The number of alkyl carbamates (subject to hydrolysis) is 2. The van der Waals surface area contributed by atoms with Gasteiger partial charge in [0.1, 0.15) is 98.9 Å². The Morgan fingerprint density at radius 2 is 0.705 bits per heavy atom. The second kappa shape index (κ2) is 30.5. The maximum Gasteiger partial charge on any atom is 0.407 e. The topological polar surface area (TPSA) is 312 Å². The summed E-state index contributed by atoms with van der Waals surface area (Å²) >= 11 is 0. The molecule has 2 spiro atoms. The van der Waals surface area contributed by atoms with Crippen molar-refractivity contribution in [2.24, 2.45) is 0 Å². The number of ether oxygens (including phenoxy) is 12. The van der Waals surface area contributed by atoms with Crippen LogP contribution in [0.25, 0.3) is 0 Å². The summed E-state index contributed by atoms with van der Waals surface area (Å²) in [4.78, 5) is 98.8. The smallest absolute Gasteiger partial charge is 0.407 e. The van der Waals surface area contributed by atoms with Gasteiger partial charge in [0.25, 0.3) is 0 Å². The number of aryl methyl sites for hydroxylation is 4. The highest BCUT2D eigenvalue weighted by Gasteiger charge is 2.52. The molecular formula is C64H74N2O22. The fraction of sp³-hybridized carbons (Fsp3) is 0.438. The Morgan fingerprint density at radius 1 is 0.432 bits per heavy atom. The second-order valence-electron chi connectivity index (χ2n) is 20.8. The van der Waals surface area contributed by atoms with Gasteiger partial charge in [0.15, 0.2) is 0 Å². The molecule has 4 aliphatic rings. The summed E-state index contributed by atoms with van der Waals surface area (Å²) in [5.74, 6) is -0.0306. The van der Waals surface area contributed by atoms with E-state index in [0.717, 1.165) is 33.4 Å². The van der Waals surface area contributed by atoms with Crippen LogP contribution in [0.5, 0.6) is 46.0 Å². The summed E-state index contributed by atoms with van der Waals surface area (Å²) in [5.41, 5.74) is 4.51. The third-order valence-corrected chi connectivity index (χ3v) is 14.7. The maximum absolute atomic E-state index is 13.2. The van der Waals surface area contributed by atoms with E-state index in [2.05, 4.69) is 23.8 Å². The molecule has 2 amide bonds. The number of esters is 6. The minimum Gasteiger partial charge on any atom is -0.491 e. The molecule has 472 valence electrons. The number of amides is 2. The molecule has 0 saturated heterocycles. The molecular weight excluding hydrogens is 1150 g/mol. The van der Waals surface area contributed by atoms with Crippen LogP contribution in [0.4, 0.5) is 9.59 Å². The predicted molar refractivity (Wildman–Crippen MR) is 312 cm³/mol. The van der Waals surface area contributed by atoms with Gasteiger partial charge in [-0.05, 0) is 86.1 Å². The molecule has 4 aromatic carbocycles. The number of rotatable bonds is 26. The van der Waals surface area contributed by atoms with Crippen molar-refractivity contribution in [1.82, 2.24) is 10.6 Å². The fourth-order valence-corrected chi connectivity index (χ4v) is 10.5. The van der Waals surface area contributed by atoms with Crippen molar-refractivity contribution >= 4 is 48.0 Å². The maximum atomic E-state index is 13.2. The van der Waals surface area contributed by atoms with E-state index in [1.807, 2.05) is 52.0 Å². The van der Waals surface area contributed by atoms with E-state index < -0.39 is 58.8 Å². The zero-order valence-corrected chi connectivity index (χ0v) is 50.2. The van der Waals surface area contributed by atoms with Gasteiger partial charge in [-0.15, -0.1) is 0 Å². The summed E-state index contributed by atoms with van der Waals surface area (Å²) in [6, 6.07) is 14.1. The van der Waals surface area contributed by atoms with Gasteiger partial charge < -0.3 is 77.7 Å². The zero-order chi connectivity index (χ0) is 63.7. The van der Waals surface area contributed by atoms with Crippen LogP contribution < -0.4 is 48.5 Å². The first-order chi connectivity index (χ1) is 42.2. The Morgan fingerprint density at radius 3 is 0.955 bits per heavy atom. The highest BCUT2D eigenvalue weighted by molar-refractivity contribution is 5.89. The third kappa shape index (κ3) is 15.9. The van der Waals surface area contributed by atoms with Crippen molar-refractivity contribution in [3.8, 4) is 46.0 Å². The molecule has 4 heterocycles. The average molecular weight is 1220 g/mol. The first-order valence-corrected chi connectivity index (χ1v) is 28.9. The molecule has 0 atom stereocenters. The fourth-order valence-electron chi connectivity index (χ4n) is 10.5. The van der Waals surface area contributed by atoms with Gasteiger partial charge in [-0.3, -0.25) is 19.2 Å². The van der Waals surface area contributed by atoms with Crippen LogP contribution in [-0.2, 0) is 84.2 Å². The molecule has 0 aromatic heterocycles. The monoisotopic (exact) mass is 1220 g/mol. The standard InChI is InChI=1S/C39H46N2O14.C25H28O8/c1-7-25-17-27-31(19-29(25)48-13-15-52-37(46)40-9-11-50-35(44)23(3)4)54-33(42)21-39(27)22-34(43)55-32-20-30(26(8-2)18-28(32)39)49-14-16-53-38(47)41-10-12-51-36(45)24(5)6;1-3-15-9-17-21(11-19(15)30-7-5-26)32-23(28)13-25(17)14-24(29)33-22-12-20(31-8-6-27)16(4-2)10-18(22)25/h17-20H,3,5,7-16,21-22H2,1-2,4,6H3,(H,40,46)(H,41,47);9-12,26-27H,3-8,13-14H2,1-2H3. The Bertz CT molecular complexity index is 3110. The molecule has 24 nitrogen and oxygen atoms in total. The minimum atomic E-state index is -1.10. The third-order valence-electron chi connectivity index (χ3n) is 14.7. The van der Waals surface area contributed by atoms with Crippen LogP contribution >= 0.6 is 0 Å². The van der Waals surface area contributed by atoms with Crippen molar-refractivity contribution in [2.45, 2.75) is 104 Å². The number of benzene rings is 4. The zero-order valence-electron chi connectivity index (χ0n) is 50.2. The molecule has 0 radical (unpaired) electrons. The molecule has 24 heteroatoms. The van der Waals surface area contributed by atoms with Crippen molar-refractivity contribution in [3.63, 3.8) is 0 Å². The van der Waals surface area contributed by atoms with Crippen LogP contribution in [0.2, 0.25) is 0 Å². The highest BCUT2D eigenvalue weighted by Crippen LogP contribution is 2.56. The summed E-state index contributed by atoms with van der Waals surface area (Å²) < 4.78 is 65.9. The van der Waals surface area contributed by atoms with Gasteiger partial charge in [-0.2, -0.15) is 0 Å². The Hall–Kier alpha value is -9.16. The summed E-state index contributed by atoms with van der Waals surface area (Å²) in [6.07, 6.45) is 0.718. The Kier molecular flexibility index (Phi) is 23.0. The van der Waals surface area contributed by atoms with Crippen molar-refractivity contribution < 1.29 is 105 Å². The molecule has 0 bridgehead atoms. The summed E-state index contributed by atoms with van der Waals surface area (Å²) in [7, 11) is 0. The van der Waals surface area contributed by atoms with E-state index in [4.69, 9.17) is 67.1 Å². The van der Waals surface area contributed by atoms with Crippen molar-refractivity contribution in [1.29, 1.82) is 0 Å². The van der Waals surface area contributed by atoms with Crippen molar-refractivity contribution in [3.05, 3.63) is 117 Å². The second-order valence-corrected chi connectivity index (χ2v) is 20.8. The van der Waals surface area contributed by atoms with Gasteiger partial charge in [-0.1, -0.05) is 40.9 Å². The lowest BCUT2D eigenvalue weighted by Crippen LogP contribution is -2.43.